The second kappa shape index (κ2) is 6.83. The number of hydrogen-bond donors (Lipinski definition) is 1. The Morgan fingerprint density at radius 2 is 1.95 bits per heavy atom. The van der Waals surface area contributed by atoms with E-state index in [0.717, 1.165) is 10.5 Å². The van der Waals surface area contributed by atoms with E-state index in [1.165, 1.54) is 0 Å². The van der Waals surface area contributed by atoms with Crippen molar-refractivity contribution in [2.45, 2.75) is 39.9 Å². The van der Waals surface area contributed by atoms with E-state index >= 15 is 0 Å². The highest BCUT2D eigenvalue weighted by atomic mass is 19.4. The maximum absolute atomic E-state index is 12.6. The van der Waals surface area contributed by atoms with Gasteiger partial charge in [-0.2, -0.15) is 13.2 Å². The molecule has 0 aliphatic carbocycles. The number of nitrogens with zero attached hydrogens (tertiary/aromatic N) is 1. The molecule has 0 saturated carbocycles. The van der Waals surface area contributed by atoms with Crippen LogP contribution >= 0.6 is 0 Å². The van der Waals surface area contributed by atoms with Crippen molar-refractivity contribution in [3.63, 3.8) is 0 Å². The number of halogens is 3. The Morgan fingerprint density at radius 1 is 1.33 bits per heavy atom. The third-order valence-electron chi connectivity index (χ3n) is 3.01. The molecule has 0 aromatic heterocycles. The Kier molecular flexibility index (Phi) is 5.63. The van der Waals surface area contributed by atoms with E-state index in [9.17, 15) is 18.0 Å². The smallest absolute Gasteiger partial charge is 0.385 e. The number of hydrogen-bond acceptors (Lipinski definition) is 2. The average Bonchev–Trinajstić information content (AvgIpc) is 2.34. The number of carbonyl (C=O) groups is 1. The van der Waals surface area contributed by atoms with E-state index in [2.05, 4.69) is 5.32 Å². The highest BCUT2D eigenvalue weighted by molar-refractivity contribution is 6.00. The van der Waals surface area contributed by atoms with E-state index in [-0.39, 0.29) is 5.56 Å². The predicted molar refractivity (Wildman–Crippen MR) is 77.6 cm³/mol. The number of rotatable bonds is 5. The molecular formula is C15H21F3N2O. The summed E-state index contributed by atoms with van der Waals surface area (Å²) >= 11 is 0. The van der Waals surface area contributed by atoms with E-state index in [4.69, 9.17) is 0 Å². The summed E-state index contributed by atoms with van der Waals surface area (Å²) in [7, 11) is 0. The fourth-order valence-electron chi connectivity index (χ4n) is 2.02. The minimum atomic E-state index is -4.41. The third-order valence-corrected chi connectivity index (χ3v) is 3.01. The summed E-state index contributed by atoms with van der Waals surface area (Å²) in [4.78, 5) is 13.3. The summed E-state index contributed by atoms with van der Waals surface area (Å²) in [6.45, 7) is 6.22. The zero-order valence-corrected chi connectivity index (χ0v) is 12.7. The van der Waals surface area contributed by atoms with Crippen molar-refractivity contribution in [1.29, 1.82) is 0 Å². The van der Waals surface area contributed by atoms with Gasteiger partial charge in [0.2, 0.25) is 0 Å². The topological polar surface area (TPSA) is 32.3 Å². The average molecular weight is 302 g/mol. The predicted octanol–water partition coefficient (Wildman–Crippen LogP) is 3.84. The summed E-state index contributed by atoms with van der Waals surface area (Å²) in [5, 5.41) is 3.03. The quantitative estimate of drug-likeness (QED) is 0.896. The first-order chi connectivity index (χ1) is 9.65. The van der Waals surface area contributed by atoms with E-state index in [1.807, 2.05) is 13.8 Å². The molecule has 0 radical (unpaired) electrons. The lowest BCUT2D eigenvalue weighted by Gasteiger charge is -2.28. The number of amides is 1. The molecule has 0 aliphatic rings. The molecule has 6 heteroatoms. The molecule has 1 amide bonds. The molecular weight excluding hydrogens is 281 g/mol. The number of carbonyl (C=O) groups excluding carboxylic acids is 1. The summed E-state index contributed by atoms with van der Waals surface area (Å²) in [6.07, 6.45) is -4.41. The monoisotopic (exact) mass is 302 g/mol. The van der Waals surface area contributed by atoms with Crippen LogP contribution in [-0.4, -0.2) is 36.1 Å². The van der Waals surface area contributed by atoms with Crippen LogP contribution in [0.2, 0.25) is 0 Å². The maximum atomic E-state index is 12.6. The van der Waals surface area contributed by atoms with Crippen LogP contribution in [0, 0.1) is 6.92 Å². The highest BCUT2D eigenvalue weighted by Crippen LogP contribution is 2.24. The van der Waals surface area contributed by atoms with Crippen LogP contribution in [0.5, 0.6) is 0 Å². The standard InChI is InChI=1S/C15H21F3N2O/c1-5-19-13-8-11(4)6-7-12(13)14(21)20(10(2)3)9-15(16,17)18/h6-8,10,19H,5,9H2,1-4H3. The number of anilines is 1. The third kappa shape index (κ3) is 4.95. The molecule has 1 rings (SSSR count). The molecule has 0 heterocycles. The normalized spacial score (nSPS) is 11.6. The van der Waals surface area contributed by atoms with Gasteiger partial charge in [0.1, 0.15) is 6.54 Å². The summed E-state index contributed by atoms with van der Waals surface area (Å²) < 4.78 is 37.9. The molecule has 0 spiro atoms. The summed E-state index contributed by atoms with van der Waals surface area (Å²) in [5.74, 6) is -0.613. The zero-order chi connectivity index (χ0) is 16.2. The van der Waals surface area contributed by atoms with Crippen molar-refractivity contribution in [3.8, 4) is 0 Å². The van der Waals surface area contributed by atoms with Crippen LogP contribution in [0.4, 0.5) is 18.9 Å². The van der Waals surface area contributed by atoms with Gasteiger partial charge in [-0.3, -0.25) is 4.79 Å². The summed E-state index contributed by atoms with van der Waals surface area (Å²) in [6, 6.07) is 4.53. The number of alkyl halides is 3. The Bertz CT molecular complexity index is 498. The van der Waals surface area contributed by atoms with Gasteiger partial charge >= 0.3 is 6.18 Å². The van der Waals surface area contributed by atoms with Crippen LogP contribution in [0.15, 0.2) is 18.2 Å². The van der Waals surface area contributed by atoms with E-state index < -0.39 is 24.7 Å². The number of nitrogens with one attached hydrogen (secondary N) is 1. The van der Waals surface area contributed by atoms with Gasteiger partial charge in [-0.05, 0) is 45.4 Å². The van der Waals surface area contributed by atoms with Crippen molar-refractivity contribution >= 4 is 11.6 Å². The van der Waals surface area contributed by atoms with Crippen molar-refractivity contribution in [1.82, 2.24) is 4.90 Å². The van der Waals surface area contributed by atoms with Gasteiger partial charge < -0.3 is 10.2 Å². The lowest BCUT2D eigenvalue weighted by Crippen LogP contribution is -2.43. The van der Waals surface area contributed by atoms with Crippen LogP contribution in [0.1, 0.15) is 36.7 Å². The van der Waals surface area contributed by atoms with Crippen LogP contribution in [-0.2, 0) is 0 Å². The molecule has 3 nitrogen and oxygen atoms in total. The maximum Gasteiger partial charge on any atom is 0.406 e. The molecule has 0 fully saturated rings. The fraction of sp³-hybridized carbons (Fsp3) is 0.533. The molecule has 0 bridgehead atoms. The van der Waals surface area contributed by atoms with Crippen molar-refractivity contribution in [2.24, 2.45) is 0 Å². The number of benzene rings is 1. The largest absolute Gasteiger partial charge is 0.406 e. The molecule has 0 atom stereocenters. The fourth-order valence-corrected chi connectivity index (χ4v) is 2.02. The molecule has 1 N–H and O–H groups in total. The minimum Gasteiger partial charge on any atom is -0.385 e. The minimum absolute atomic E-state index is 0.264. The van der Waals surface area contributed by atoms with Gasteiger partial charge in [0.15, 0.2) is 0 Å². The molecule has 21 heavy (non-hydrogen) atoms. The lowest BCUT2D eigenvalue weighted by atomic mass is 10.1. The molecule has 118 valence electrons. The molecule has 1 aromatic carbocycles. The van der Waals surface area contributed by atoms with Gasteiger partial charge in [0.25, 0.3) is 5.91 Å². The first kappa shape index (κ1) is 17.3. The zero-order valence-electron chi connectivity index (χ0n) is 12.7. The highest BCUT2D eigenvalue weighted by Gasteiger charge is 2.35. The van der Waals surface area contributed by atoms with Gasteiger partial charge in [0, 0.05) is 18.3 Å². The van der Waals surface area contributed by atoms with Gasteiger partial charge in [-0.1, -0.05) is 6.07 Å². The molecule has 0 unspecified atom stereocenters. The van der Waals surface area contributed by atoms with Crippen LogP contribution in [0.3, 0.4) is 0 Å². The van der Waals surface area contributed by atoms with Crippen LogP contribution in [0.25, 0.3) is 0 Å². The van der Waals surface area contributed by atoms with Gasteiger partial charge in [-0.25, -0.2) is 0 Å². The first-order valence-electron chi connectivity index (χ1n) is 6.88. The van der Waals surface area contributed by atoms with E-state index in [1.54, 1.807) is 32.0 Å². The second-order valence-electron chi connectivity index (χ2n) is 5.22. The van der Waals surface area contributed by atoms with Gasteiger partial charge in [0.05, 0.1) is 5.56 Å². The Morgan fingerprint density at radius 3 is 2.43 bits per heavy atom. The first-order valence-corrected chi connectivity index (χ1v) is 6.88. The Labute approximate surface area is 123 Å². The molecule has 0 aliphatic heterocycles. The SMILES string of the molecule is CCNc1cc(C)ccc1C(=O)N(CC(F)(F)F)C(C)C. The van der Waals surface area contributed by atoms with Crippen molar-refractivity contribution in [2.75, 3.05) is 18.4 Å². The molecule has 0 saturated heterocycles. The van der Waals surface area contributed by atoms with Crippen molar-refractivity contribution < 1.29 is 18.0 Å². The summed E-state index contributed by atoms with van der Waals surface area (Å²) in [5.41, 5.74) is 1.77. The Balaban J connectivity index is 3.14. The van der Waals surface area contributed by atoms with E-state index in [0.29, 0.717) is 12.2 Å². The lowest BCUT2D eigenvalue weighted by molar-refractivity contribution is -0.143. The van der Waals surface area contributed by atoms with Gasteiger partial charge in [-0.15, -0.1) is 0 Å². The van der Waals surface area contributed by atoms with Crippen LogP contribution < -0.4 is 5.32 Å². The Hall–Kier alpha value is -1.72. The molecule has 1 aromatic rings. The second-order valence-corrected chi connectivity index (χ2v) is 5.22. The number of aryl methyl sites for hydroxylation is 1. The van der Waals surface area contributed by atoms with Crippen molar-refractivity contribution in [3.05, 3.63) is 29.3 Å².